The highest BCUT2D eigenvalue weighted by Crippen LogP contribution is 2.32. The van der Waals surface area contributed by atoms with Crippen molar-refractivity contribution in [2.24, 2.45) is 0 Å². The van der Waals surface area contributed by atoms with Crippen LogP contribution in [0.5, 0.6) is 0 Å². The fourth-order valence-electron chi connectivity index (χ4n) is 1.60. The van der Waals surface area contributed by atoms with Crippen molar-refractivity contribution < 1.29 is 15.0 Å². The third-order valence-corrected chi connectivity index (χ3v) is 3.94. The molecule has 0 saturated heterocycles. The quantitative estimate of drug-likeness (QED) is 0.860. The van der Waals surface area contributed by atoms with Crippen LogP contribution in [0, 0.1) is 0 Å². The Hall–Kier alpha value is -1.39. The van der Waals surface area contributed by atoms with Gasteiger partial charge in [0, 0.05) is 15.5 Å². The number of carbonyl (C=O) groups is 1. The molecule has 2 aromatic rings. The number of thiophene rings is 1. The predicted octanol–water partition coefficient (Wildman–Crippen LogP) is 2.45. The van der Waals surface area contributed by atoms with Gasteiger partial charge in [-0.2, -0.15) is 0 Å². The van der Waals surface area contributed by atoms with E-state index in [-0.39, 0.29) is 5.92 Å². The van der Waals surface area contributed by atoms with Crippen LogP contribution < -0.4 is 0 Å². The summed E-state index contributed by atoms with van der Waals surface area (Å²) in [7, 11) is 0. The van der Waals surface area contributed by atoms with Gasteiger partial charge in [0.25, 0.3) is 0 Å². The largest absolute Gasteiger partial charge is 0.479 e. The van der Waals surface area contributed by atoms with E-state index < -0.39 is 12.1 Å². The molecule has 0 aliphatic heterocycles. The number of rotatable bonds is 3. The Morgan fingerprint density at radius 1 is 1.38 bits per heavy atom. The van der Waals surface area contributed by atoms with E-state index in [9.17, 15) is 9.90 Å². The van der Waals surface area contributed by atoms with Gasteiger partial charge in [-0.05, 0) is 17.5 Å². The first-order valence-electron chi connectivity index (χ1n) is 4.99. The minimum Gasteiger partial charge on any atom is -0.479 e. The summed E-state index contributed by atoms with van der Waals surface area (Å²) in [6.45, 7) is 1.73. The smallest absolute Gasteiger partial charge is 0.333 e. The maximum Gasteiger partial charge on any atom is 0.333 e. The Bertz CT molecular complexity index is 485. The van der Waals surface area contributed by atoms with Crippen molar-refractivity contribution in [2.45, 2.75) is 18.9 Å². The zero-order chi connectivity index (χ0) is 11.7. The van der Waals surface area contributed by atoms with E-state index in [0.29, 0.717) is 0 Å². The first-order chi connectivity index (χ1) is 7.59. The molecule has 0 radical (unpaired) electrons. The van der Waals surface area contributed by atoms with Gasteiger partial charge in [0.15, 0.2) is 6.10 Å². The van der Waals surface area contributed by atoms with Crippen molar-refractivity contribution in [3.63, 3.8) is 0 Å². The van der Waals surface area contributed by atoms with Crippen molar-refractivity contribution in [2.75, 3.05) is 0 Å². The summed E-state index contributed by atoms with van der Waals surface area (Å²) in [6.07, 6.45) is -1.34. The van der Waals surface area contributed by atoms with Gasteiger partial charge in [0.1, 0.15) is 0 Å². The van der Waals surface area contributed by atoms with Crippen molar-refractivity contribution in [1.82, 2.24) is 0 Å². The zero-order valence-corrected chi connectivity index (χ0v) is 9.57. The topological polar surface area (TPSA) is 57.5 Å². The summed E-state index contributed by atoms with van der Waals surface area (Å²) in [6, 6.07) is 9.80. The van der Waals surface area contributed by atoms with Crippen LogP contribution >= 0.6 is 11.3 Å². The zero-order valence-electron chi connectivity index (χ0n) is 8.75. The number of aliphatic hydroxyl groups is 1. The first-order valence-corrected chi connectivity index (χ1v) is 5.80. The third kappa shape index (κ3) is 1.94. The van der Waals surface area contributed by atoms with E-state index in [0.717, 1.165) is 15.0 Å². The number of benzene rings is 1. The van der Waals surface area contributed by atoms with Gasteiger partial charge in [0.05, 0.1) is 0 Å². The number of carboxylic acids is 1. The molecule has 2 unspecified atom stereocenters. The fourth-order valence-corrected chi connectivity index (χ4v) is 2.74. The Morgan fingerprint density at radius 3 is 2.69 bits per heavy atom. The molecule has 0 amide bonds. The second-order valence-electron chi connectivity index (χ2n) is 3.76. The van der Waals surface area contributed by atoms with Crippen LogP contribution in [0.1, 0.15) is 17.7 Å². The number of hydrogen-bond acceptors (Lipinski definition) is 3. The lowest BCUT2D eigenvalue weighted by Crippen LogP contribution is -2.25. The summed E-state index contributed by atoms with van der Waals surface area (Å²) in [4.78, 5) is 11.6. The van der Waals surface area contributed by atoms with Gasteiger partial charge in [-0.3, -0.25) is 0 Å². The van der Waals surface area contributed by atoms with Crippen LogP contribution in [0.2, 0.25) is 0 Å². The molecular formula is C12H12O3S. The van der Waals surface area contributed by atoms with E-state index in [4.69, 9.17) is 5.11 Å². The lowest BCUT2D eigenvalue weighted by atomic mass is 10.0. The number of aliphatic carboxylic acids is 1. The average Bonchev–Trinajstić information content (AvgIpc) is 2.70. The maximum atomic E-state index is 10.7. The van der Waals surface area contributed by atoms with Crippen molar-refractivity contribution in [3.05, 3.63) is 35.2 Å². The molecule has 1 aromatic carbocycles. The molecule has 0 fully saturated rings. The monoisotopic (exact) mass is 236 g/mol. The van der Waals surface area contributed by atoms with Gasteiger partial charge in [-0.1, -0.05) is 25.1 Å². The van der Waals surface area contributed by atoms with Crippen LogP contribution in [0.4, 0.5) is 0 Å². The molecular weight excluding hydrogens is 224 g/mol. The molecule has 1 aromatic heterocycles. The number of hydrogen-bond donors (Lipinski definition) is 2. The minimum absolute atomic E-state index is 0.380. The van der Waals surface area contributed by atoms with Gasteiger partial charge in [0.2, 0.25) is 0 Å². The standard InChI is InChI=1S/C12H12O3S/c1-7(11(13)12(14)15)10-6-8-4-2-3-5-9(8)16-10/h2-7,11,13H,1H3,(H,14,15). The molecule has 2 atom stereocenters. The Morgan fingerprint density at radius 2 is 2.06 bits per heavy atom. The molecule has 16 heavy (non-hydrogen) atoms. The minimum atomic E-state index is -1.34. The molecule has 0 aliphatic rings. The van der Waals surface area contributed by atoms with E-state index >= 15 is 0 Å². The highest BCUT2D eigenvalue weighted by atomic mass is 32.1. The molecule has 4 heteroatoms. The molecule has 0 spiro atoms. The van der Waals surface area contributed by atoms with Crippen LogP contribution in [-0.2, 0) is 4.79 Å². The SMILES string of the molecule is CC(c1cc2ccccc2s1)C(O)C(=O)O. The summed E-state index contributed by atoms with van der Waals surface area (Å²) in [5.74, 6) is -1.56. The van der Waals surface area contributed by atoms with Gasteiger partial charge >= 0.3 is 5.97 Å². The van der Waals surface area contributed by atoms with E-state index in [1.807, 2.05) is 30.3 Å². The van der Waals surface area contributed by atoms with Crippen LogP contribution in [0.3, 0.4) is 0 Å². The lowest BCUT2D eigenvalue weighted by molar-refractivity contribution is -0.147. The number of aliphatic hydroxyl groups excluding tert-OH is 1. The lowest BCUT2D eigenvalue weighted by Gasteiger charge is -2.12. The van der Waals surface area contributed by atoms with Crippen molar-refractivity contribution in [3.8, 4) is 0 Å². The van der Waals surface area contributed by atoms with Crippen LogP contribution in [-0.4, -0.2) is 22.3 Å². The number of carboxylic acid groups (broad SMARTS) is 1. The van der Waals surface area contributed by atoms with Gasteiger partial charge in [-0.15, -0.1) is 11.3 Å². The normalized spacial score (nSPS) is 14.9. The third-order valence-electron chi connectivity index (χ3n) is 2.62. The molecule has 84 valence electrons. The Kier molecular flexibility index (Phi) is 2.94. The Labute approximate surface area is 97.0 Å². The molecule has 3 nitrogen and oxygen atoms in total. The van der Waals surface area contributed by atoms with Crippen molar-refractivity contribution in [1.29, 1.82) is 0 Å². The second-order valence-corrected chi connectivity index (χ2v) is 4.87. The summed E-state index contributed by atoms with van der Waals surface area (Å²) >= 11 is 1.53. The second kappa shape index (κ2) is 4.23. The Balaban J connectivity index is 2.36. The summed E-state index contributed by atoms with van der Waals surface area (Å²) in [5.41, 5.74) is 0. The predicted molar refractivity (Wildman–Crippen MR) is 63.9 cm³/mol. The van der Waals surface area contributed by atoms with E-state index in [1.165, 1.54) is 11.3 Å². The van der Waals surface area contributed by atoms with Crippen LogP contribution in [0.15, 0.2) is 30.3 Å². The first kappa shape index (κ1) is 11.1. The van der Waals surface area contributed by atoms with E-state index in [2.05, 4.69) is 0 Å². The molecule has 0 aliphatic carbocycles. The molecule has 0 saturated carbocycles. The molecule has 1 heterocycles. The van der Waals surface area contributed by atoms with Crippen molar-refractivity contribution >= 4 is 27.4 Å². The molecule has 0 bridgehead atoms. The maximum absolute atomic E-state index is 10.7. The van der Waals surface area contributed by atoms with E-state index in [1.54, 1.807) is 6.92 Å². The highest BCUT2D eigenvalue weighted by molar-refractivity contribution is 7.19. The summed E-state index contributed by atoms with van der Waals surface area (Å²) in [5, 5.41) is 19.3. The molecule has 2 N–H and O–H groups in total. The highest BCUT2D eigenvalue weighted by Gasteiger charge is 2.24. The van der Waals surface area contributed by atoms with Gasteiger partial charge < -0.3 is 10.2 Å². The number of fused-ring (bicyclic) bond motifs is 1. The summed E-state index contributed by atoms with van der Waals surface area (Å²) < 4.78 is 1.11. The van der Waals surface area contributed by atoms with Crippen LogP contribution in [0.25, 0.3) is 10.1 Å². The average molecular weight is 236 g/mol. The molecule has 2 rings (SSSR count). The fraction of sp³-hybridized carbons (Fsp3) is 0.250. The van der Waals surface area contributed by atoms with Gasteiger partial charge in [-0.25, -0.2) is 4.79 Å².